The summed E-state index contributed by atoms with van der Waals surface area (Å²) in [5.74, 6) is 1.77. The Bertz CT molecular complexity index is 1180. The quantitative estimate of drug-likeness (QED) is 0.718. The second kappa shape index (κ2) is 7.74. The zero-order chi connectivity index (χ0) is 21.4. The molecule has 0 bridgehead atoms. The molecule has 1 aliphatic heterocycles. The molecule has 3 aromatic rings. The van der Waals surface area contributed by atoms with E-state index in [1.165, 1.54) is 6.92 Å². The van der Waals surface area contributed by atoms with Crippen molar-refractivity contribution in [1.29, 1.82) is 0 Å². The average molecular weight is 408 g/mol. The summed E-state index contributed by atoms with van der Waals surface area (Å²) >= 11 is 0. The largest absolute Gasteiger partial charge is 0.497 e. The van der Waals surface area contributed by atoms with Crippen LogP contribution in [0.3, 0.4) is 0 Å². The van der Waals surface area contributed by atoms with E-state index in [0.29, 0.717) is 41.3 Å². The highest BCUT2D eigenvalue weighted by Crippen LogP contribution is 2.40. The maximum absolute atomic E-state index is 13.1. The van der Waals surface area contributed by atoms with Gasteiger partial charge in [0.1, 0.15) is 5.75 Å². The van der Waals surface area contributed by atoms with Crippen molar-refractivity contribution in [1.82, 2.24) is 9.88 Å². The van der Waals surface area contributed by atoms with E-state index in [1.807, 2.05) is 30.3 Å². The monoisotopic (exact) mass is 408 g/mol. The molecule has 1 N–H and O–H groups in total. The number of aromatic amines is 1. The number of carbonyl (C=O) groups is 1. The number of H-pyrrole nitrogens is 1. The second-order valence-electron chi connectivity index (χ2n) is 7.28. The van der Waals surface area contributed by atoms with E-state index in [1.54, 1.807) is 32.3 Å². The Kier molecular flexibility index (Phi) is 5.11. The van der Waals surface area contributed by atoms with Crippen LogP contribution in [0.15, 0.2) is 41.2 Å². The number of aromatic nitrogens is 1. The number of rotatable bonds is 4. The van der Waals surface area contributed by atoms with Crippen LogP contribution in [-0.2, 0) is 11.2 Å². The first-order chi connectivity index (χ1) is 14.5. The number of nitrogens with one attached hydrogen (secondary N) is 1. The lowest BCUT2D eigenvalue weighted by atomic mass is 9.87. The standard InChI is InChI=1S/C23H24N2O5/c1-13(26)25-8-7-14-10-20(29-3)21(30-4)12-17(14)22(25)18-9-15-5-6-16(28-2)11-19(15)24-23(18)27/h5-6,9-12,22H,7-8H2,1-4H3,(H,24,27)/t22-/m1/s1. The molecule has 0 saturated heterocycles. The van der Waals surface area contributed by atoms with E-state index < -0.39 is 6.04 Å². The van der Waals surface area contributed by atoms with E-state index >= 15 is 0 Å². The Morgan fingerprint density at radius 2 is 1.73 bits per heavy atom. The molecule has 7 heteroatoms. The Labute approximate surface area is 174 Å². The number of hydrogen-bond acceptors (Lipinski definition) is 5. The number of methoxy groups -OCH3 is 3. The van der Waals surface area contributed by atoms with E-state index in [0.717, 1.165) is 16.5 Å². The molecular formula is C23H24N2O5. The fraction of sp³-hybridized carbons (Fsp3) is 0.304. The molecule has 0 saturated carbocycles. The molecule has 2 aromatic carbocycles. The minimum atomic E-state index is -0.513. The second-order valence-corrected chi connectivity index (χ2v) is 7.28. The molecule has 2 heterocycles. The number of nitrogens with zero attached hydrogens (tertiary/aromatic N) is 1. The third kappa shape index (κ3) is 3.26. The number of benzene rings is 2. The van der Waals surface area contributed by atoms with Crippen LogP contribution in [0.4, 0.5) is 0 Å². The lowest BCUT2D eigenvalue weighted by Gasteiger charge is -2.37. The average Bonchev–Trinajstić information content (AvgIpc) is 2.76. The first-order valence-electron chi connectivity index (χ1n) is 9.69. The van der Waals surface area contributed by atoms with Gasteiger partial charge in [0.25, 0.3) is 5.56 Å². The summed E-state index contributed by atoms with van der Waals surface area (Å²) in [7, 11) is 4.74. The van der Waals surface area contributed by atoms with Gasteiger partial charge in [-0.25, -0.2) is 0 Å². The highest BCUT2D eigenvalue weighted by Gasteiger charge is 2.33. The molecule has 156 valence electrons. The molecule has 0 fully saturated rings. The van der Waals surface area contributed by atoms with E-state index in [9.17, 15) is 9.59 Å². The number of hydrogen-bond donors (Lipinski definition) is 1. The van der Waals surface area contributed by atoms with Crippen LogP contribution in [0.2, 0.25) is 0 Å². The number of pyridine rings is 1. The predicted octanol–water partition coefficient (Wildman–Crippen LogP) is 3.05. The van der Waals surface area contributed by atoms with Gasteiger partial charge >= 0.3 is 0 Å². The first-order valence-corrected chi connectivity index (χ1v) is 9.69. The minimum absolute atomic E-state index is 0.0883. The highest BCUT2D eigenvalue weighted by atomic mass is 16.5. The molecule has 1 atom stereocenters. The van der Waals surface area contributed by atoms with Crippen molar-refractivity contribution in [2.24, 2.45) is 0 Å². The lowest BCUT2D eigenvalue weighted by molar-refractivity contribution is -0.130. The van der Waals surface area contributed by atoms with Crippen LogP contribution in [-0.4, -0.2) is 43.7 Å². The molecule has 30 heavy (non-hydrogen) atoms. The van der Waals surface area contributed by atoms with Crippen molar-refractivity contribution >= 4 is 16.8 Å². The third-order valence-electron chi connectivity index (χ3n) is 5.65. The zero-order valence-corrected chi connectivity index (χ0v) is 17.4. The Morgan fingerprint density at radius 3 is 2.40 bits per heavy atom. The van der Waals surface area contributed by atoms with Crippen molar-refractivity contribution < 1.29 is 19.0 Å². The Hall–Kier alpha value is -3.48. The van der Waals surface area contributed by atoms with Gasteiger partial charge in [-0.1, -0.05) is 0 Å². The van der Waals surface area contributed by atoms with Gasteiger partial charge in [-0.05, 0) is 53.3 Å². The normalized spacial score (nSPS) is 15.6. The molecule has 4 rings (SSSR count). The summed E-state index contributed by atoms with van der Waals surface area (Å²) in [5.41, 5.74) is 2.85. The molecule has 1 aromatic heterocycles. The molecule has 7 nitrogen and oxygen atoms in total. The van der Waals surface area contributed by atoms with Gasteiger partial charge in [-0.2, -0.15) is 0 Å². The smallest absolute Gasteiger partial charge is 0.254 e. The number of amides is 1. The number of ether oxygens (including phenoxy) is 3. The lowest BCUT2D eigenvalue weighted by Crippen LogP contribution is -2.41. The topological polar surface area (TPSA) is 80.9 Å². The van der Waals surface area contributed by atoms with Gasteiger partial charge in [0.05, 0.1) is 32.9 Å². The van der Waals surface area contributed by atoms with Gasteiger partial charge in [0, 0.05) is 25.1 Å². The molecule has 0 aliphatic carbocycles. The summed E-state index contributed by atoms with van der Waals surface area (Å²) in [6.45, 7) is 2.04. The first kappa shape index (κ1) is 19.8. The van der Waals surface area contributed by atoms with E-state index in [2.05, 4.69) is 4.98 Å². The van der Waals surface area contributed by atoms with Crippen LogP contribution < -0.4 is 19.8 Å². The molecule has 1 aliphatic rings. The van der Waals surface area contributed by atoms with Crippen molar-refractivity contribution in [3.05, 3.63) is 63.4 Å². The van der Waals surface area contributed by atoms with Gasteiger partial charge in [-0.3, -0.25) is 9.59 Å². The Balaban J connectivity index is 1.94. The maximum atomic E-state index is 13.1. The van der Waals surface area contributed by atoms with E-state index in [4.69, 9.17) is 14.2 Å². The third-order valence-corrected chi connectivity index (χ3v) is 5.65. The molecule has 0 radical (unpaired) electrons. The van der Waals surface area contributed by atoms with Crippen LogP contribution in [0.1, 0.15) is 29.7 Å². The van der Waals surface area contributed by atoms with Gasteiger partial charge in [0.2, 0.25) is 5.91 Å². The Morgan fingerprint density at radius 1 is 1.00 bits per heavy atom. The SMILES string of the molecule is COc1ccc2cc([C@H]3c4cc(OC)c(OC)cc4CCN3C(C)=O)c(=O)[nH]c2c1. The zero-order valence-electron chi connectivity index (χ0n) is 17.4. The summed E-state index contributed by atoms with van der Waals surface area (Å²) < 4.78 is 16.2. The summed E-state index contributed by atoms with van der Waals surface area (Å²) in [4.78, 5) is 30.2. The fourth-order valence-corrected chi connectivity index (χ4v) is 4.15. The van der Waals surface area contributed by atoms with Gasteiger partial charge < -0.3 is 24.1 Å². The van der Waals surface area contributed by atoms with Crippen LogP contribution in [0.25, 0.3) is 10.9 Å². The highest BCUT2D eigenvalue weighted by molar-refractivity contribution is 5.81. The molecule has 0 spiro atoms. The summed E-state index contributed by atoms with van der Waals surface area (Å²) in [6.07, 6.45) is 0.675. The van der Waals surface area contributed by atoms with Crippen molar-refractivity contribution in [3.8, 4) is 17.2 Å². The van der Waals surface area contributed by atoms with Crippen LogP contribution in [0.5, 0.6) is 17.2 Å². The fourth-order valence-electron chi connectivity index (χ4n) is 4.15. The minimum Gasteiger partial charge on any atom is -0.497 e. The van der Waals surface area contributed by atoms with Crippen molar-refractivity contribution in [2.45, 2.75) is 19.4 Å². The predicted molar refractivity (Wildman–Crippen MR) is 114 cm³/mol. The van der Waals surface area contributed by atoms with Gasteiger partial charge in [0.15, 0.2) is 11.5 Å². The van der Waals surface area contributed by atoms with E-state index in [-0.39, 0.29) is 11.5 Å². The molecular weight excluding hydrogens is 384 g/mol. The van der Waals surface area contributed by atoms with Crippen molar-refractivity contribution in [2.75, 3.05) is 27.9 Å². The summed E-state index contributed by atoms with van der Waals surface area (Å²) in [5, 5.41) is 0.863. The van der Waals surface area contributed by atoms with Crippen LogP contribution >= 0.6 is 0 Å². The summed E-state index contributed by atoms with van der Waals surface area (Å²) in [6, 6.07) is 10.7. The van der Waals surface area contributed by atoms with Crippen LogP contribution in [0, 0.1) is 0 Å². The number of fused-ring (bicyclic) bond motifs is 2. The van der Waals surface area contributed by atoms with Crippen molar-refractivity contribution in [3.63, 3.8) is 0 Å². The molecule has 1 amide bonds. The molecule has 0 unspecified atom stereocenters. The van der Waals surface area contributed by atoms with Gasteiger partial charge in [-0.15, -0.1) is 0 Å². The number of carbonyl (C=O) groups excluding carboxylic acids is 1. The maximum Gasteiger partial charge on any atom is 0.254 e.